The molecular formula is C12H16N4O2. The van der Waals surface area contributed by atoms with E-state index < -0.39 is 4.92 Å². The van der Waals surface area contributed by atoms with Crippen LogP contribution in [0.5, 0.6) is 0 Å². The van der Waals surface area contributed by atoms with Crippen LogP contribution >= 0.6 is 0 Å². The second-order valence-electron chi connectivity index (χ2n) is 4.30. The molecule has 0 N–H and O–H groups in total. The molecule has 1 aromatic carbocycles. The molecule has 18 heavy (non-hydrogen) atoms. The molecular weight excluding hydrogens is 232 g/mol. The Kier molecular flexibility index (Phi) is 4.63. The minimum absolute atomic E-state index is 0.0590. The van der Waals surface area contributed by atoms with Crippen molar-refractivity contribution in [3.63, 3.8) is 0 Å². The van der Waals surface area contributed by atoms with E-state index in [4.69, 9.17) is 5.26 Å². The number of nitrogens with zero attached hydrogens (tertiary/aromatic N) is 4. The predicted molar refractivity (Wildman–Crippen MR) is 69.6 cm³/mol. The Morgan fingerprint density at radius 1 is 1.33 bits per heavy atom. The van der Waals surface area contributed by atoms with Crippen LogP contribution in [0.3, 0.4) is 0 Å². The van der Waals surface area contributed by atoms with Crippen molar-refractivity contribution >= 4 is 11.4 Å². The number of nitro groups is 1. The third-order valence-electron chi connectivity index (χ3n) is 2.61. The van der Waals surface area contributed by atoms with E-state index in [1.54, 1.807) is 6.07 Å². The molecule has 6 heteroatoms. The van der Waals surface area contributed by atoms with Crippen molar-refractivity contribution in [2.45, 2.75) is 0 Å². The van der Waals surface area contributed by atoms with Gasteiger partial charge in [0.25, 0.3) is 5.69 Å². The minimum Gasteiger partial charge on any atom is -0.372 e. The topological polar surface area (TPSA) is 73.4 Å². The highest BCUT2D eigenvalue weighted by molar-refractivity contribution is 5.62. The molecule has 1 aromatic rings. The van der Waals surface area contributed by atoms with Gasteiger partial charge in [-0.1, -0.05) is 0 Å². The number of benzene rings is 1. The highest BCUT2D eigenvalue weighted by Crippen LogP contribution is 2.23. The van der Waals surface area contributed by atoms with Gasteiger partial charge in [-0.3, -0.25) is 10.1 Å². The Bertz CT molecular complexity index is 479. The highest BCUT2D eigenvalue weighted by atomic mass is 16.6. The molecule has 0 aliphatic rings. The van der Waals surface area contributed by atoms with Gasteiger partial charge >= 0.3 is 0 Å². The second-order valence-corrected chi connectivity index (χ2v) is 4.30. The molecule has 0 amide bonds. The fourth-order valence-corrected chi connectivity index (χ4v) is 1.53. The zero-order valence-corrected chi connectivity index (χ0v) is 10.8. The van der Waals surface area contributed by atoms with Gasteiger partial charge in [-0.25, -0.2) is 0 Å². The molecule has 0 spiro atoms. The molecule has 0 atom stereocenters. The van der Waals surface area contributed by atoms with E-state index in [-0.39, 0.29) is 5.69 Å². The van der Waals surface area contributed by atoms with Gasteiger partial charge < -0.3 is 9.80 Å². The molecule has 0 heterocycles. The first-order chi connectivity index (χ1) is 8.45. The Morgan fingerprint density at radius 2 is 2.00 bits per heavy atom. The summed E-state index contributed by atoms with van der Waals surface area (Å²) in [6, 6.07) is 6.34. The predicted octanol–water partition coefficient (Wildman–Crippen LogP) is 1.46. The summed E-state index contributed by atoms with van der Waals surface area (Å²) in [6.07, 6.45) is 0. The molecule has 0 radical (unpaired) electrons. The van der Waals surface area contributed by atoms with Gasteiger partial charge in [0.15, 0.2) is 0 Å². The van der Waals surface area contributed by atoms with Gasteiger partial charge in [-0.2, -0.15) is 5.26 Å². The first-order valence-corrected chi connectivity index (χ1v) is 5.50. The summed E-state index contributed by atoms with van der Waals surface area (Å²) in [5.74, 6) is 0. The maximum absolute atomic E-state index is 10.6. The fourth-order valence-electron chi connectivity index (χ4n) is 1.53. The second kappa shape index (κ2) is 5.98. The summed E-state index contributed by atoms with van der Waals surface area (Å²) in [5, 5.41) is 19.7. The first-order valence-electron chi connectivity index (χ1n) is 5.50. The maximum Gasteiger partial charge on any atom is 0.270 e. The van der Waals surface area contributed by atoms with Crippen LogP contribution < -0.4 is 4.90 Å². The summed E-state index contributed by atoms with van der Waals surface area (Å²) in [5.41, 5.74) is 0.978. The van der Waals surface area contributed by atoms with Crippen LogP contribution in [0.1, 0.15) is 5.56 Å². The average Bonchev–Trinajstić information content (AvgIpc) is 2.34. The van der Waals surface area contributed by atoms with Crippen LogP contribution in [0.15, 0.2) is 18.2 Å². The number of non-ortho nitro benzene ring substituents is 1. The smallest absolute Gasteiger partial charge is 0.270 e. The van der Waals surface area contributed by atoms with Crippen molar-refractivity contribution in [3.8, 4) is 6.07 Å². The number of hydrogen-bond donors (Lipinski definition) is 0. The lowest BCUT2D eigenvalue weighted by molar-refractivity contribution is -0.384. The molecule has 0 aliphatic heterocycles. The number of anilines is 1. The summed E-state index contributed by atoms with van der Waals surface area (Å²) >= 11 is 0. The van der Waals surface area contributed by atoms with E-state index in [1.165, 1.54) is 12.1 Å². The van der Waals surface area contributed by atoms with Crippen molar-refractivity contribution in [2.75, 3.05) is 39.1 Å². The van der Waals surface area contributed by atoms with Gasteiger partial charge in [0.2, 0.25) is 0 Å². The number of nitriles is 1. The molecule has 0 saturated carbocycles. The summed E-state index contributed by atoms with van der Waals surface area (Å²) in [4.78, 5) is 14.1. The van der Waals surface area contributed by atoms with E-state index in [1.807, 2.05) is 37.0 Å². The molecule has 96 valence electrons. The fraction of sp³-hybridized carbons (Fsp3) is 0.417. The molecule has 0 bridgehead atoms. The number of likely N-dealkylation sites (N-methyl/N-ethyl adjacent to an activating group) is 2. The Balaban J connectivity index is 2.95. The number of hydrogen-bond acceptors (Lipinski definition) is 5. The van der Waals surface area contributed by atoms with Crippen LogP contribution in [0.2, 0.25) is 0 Å². The van der Waals surface area contributed by atoms with Crippen molar-refractivity contribution in [3.05, 3.63) is 33.9 Å². The Morgan fingerprint density at radius 3 is 2.50 bits per heavy atom. The molecule has 0 fully saturated rings. The van der Waals surface area contributed by atoms with Gasteiger partial charge in [0, 0.05) is 32.3 Å². The summed E-state index contributed by atoms with van der Waals surface area (Å²) in [7, 11) is 5.80. The number of rotatable bonds is 5. The molecule has 6 nitrogen and oxygen atoms in total. The van der Waals surface area contributed by atoms with E-state index in [2.05, 4.69) is 0 Å². The minimum atomic E-state index is -0.496. The van der Waals surface area contributed by atoms with Gasteiger partial charge in [0.1, 0.15) is 6.07 Å². The summed E-state index contributed by atoms with van der Waals surface area (Å²) < 4.78 is 0. The largest absolute Gasteiger partial charge is 0.372 e. The molecule has 0 unspecified atom stereocenters. The van der Waals surface area contributed by atoms with Gasteiger partial charge in [-0.15, -0.1) is 0 Å². The van der Waals surface area contributed by atoms with Gasteiger partial charge in [0.05, 0.1) is 16.2 Å². The molecule has 1 rings (SSSR count). The zero-order chi connectivity index (χ0) is 13.7. The van der Waals surface area contributed by atoms with Gasteiger partial charge in [-0.05, 0) is 20.2 Å². The third-order valence-corrected chi connectivity index (χ3v) is 2.61. The molecule has 0 aromatic heterocycles. The van der Waals surface area contributed by atoms with Crippen molar-refractivity contribution in [1.29, 1.82) is 5.26 Å². The van der Waals surface area contributed by atoms with Crippen LogP contribution in [0.4, 0.5) is 11.4 Å². The van der Waals surface area contributed by atoms with Crippen molar-refractivity contribution in [1.82, 2.24) is 4.90 Å². The average molecular weight is 248 g/mol. The monoisotopic (exact) mass is 248 g/mol. The maximum atomic E-state index is 10.6. The van der Waals surface area contributed by atoms with E-state index in [0.717, 1.165) is 13.1 Å². The quantitative estimate of drug-likeness (QED) is 0.582. The van der Waals surface area contributed by atoms with Crippen molar-refractivity contribution in [2.24, 2.45) is 0 Å². The highest BCUT2D eigenvalue weighted by Gasteiger charge is 2.13. The Labute approximate surface area is 106 Å². The SMILES string of the molecule is CN(C)CCN(C)c1ccc([N+](=O)[O-])cc1C#N. The molecule has 0 saturated heterocycles. The van der Waals surface area contributed by atoms with Crippen molar-refractivity contribution < 1.29 is 4.92 Å². The zero-order valence-electron chi connectivity index (χ0n) is 10.8. The van der Waals surface area contributed by atoms with E-state index >= 15 is 0 Å². The van der Waals surface area contributed by atoms with E-state index in [0.29, 0.717) is 11.3 Å². The van der Waals surface area contributed by atoms with Crippen LogP contribution in [0.25, 0.3) is 0 Å². The normalized spacial score (nSPS) is 10.2. The lowest BCUT2D eigenvalue weighted by Gasteiger charge is -2.22. The van der Waals surface area contributed by atoms with Crippen LogP contribution in [-0.2, 0) is 0 Å². The van der Waals surface area contributed by atoms with Crippen LogP contribution in [-0.4, -0.2) is 44.1 Å². The third kappa shape index (κ3) is 3.43. The standard InChI is InChI=1S/C12H16N4O2/c1-14(2)6-7-15(3)12-5-4-11(16(17)18)8-10(12)9-13/h4-5,8H,6-7H2,1-3H3. The molecule has 0 aliphatic carbocycles. The Hall–Kier alpha value is -2.13. The summed E-state index contributed by atoms with van der Waals surface area (Å²) in [6.45, 7) is 1.60. The van der Waals surface area contributed by atoms with Crippen LogP contribution in [0, 0.1) is 21.4 Å². The lowest BCUT2D eigenvalue weighted by Crippen LogP contribution is -2.28. The lowest BCUT2D eigenvalue weighted by atomic mass is 10.1. The van der Waals surface area contributed by atoms with E-state index in [9.17, 15) is 10.1 Å². The first kappa shape index (κ1) is 13.9. The number of nitro benzene ring substituents is 1.